The van der Waals surface area contributed by atoms with Gasteiger partial charge in [0.2, 0.25) is 5.95 Å². The summed E-state index contributed by atoms with van der Waals surface area (Å²) in [5, 5.41) is 7.24. The Morgan fingerprint density at radius 2 is 2.07 bits per heavy atom. The molecule has 1 aliphatic rings. The molecule has 1 amide bonds. The maximum absolute atomic E-state index is 12.4. The van der Waals surface area contributed by atoms with Crippen molar-refractivity contribution >= 4 is 23.2 Å². The van der Waals surface area contributed by atoms with Gasteiger partial charge in [-0.15, -0.1) is 0 Å². The number of morpholine rings is 1. The lowest BCUT2D eigenvalue weighted by Crippen LogP contribution is -2.37. The van der Waals surface area contributed by atoms with E-state index in [9.17, 15) is 4.79 Å². The first-order valence-electron chi connectivity index (χ1n) is 9.24. The third-order valence-corrected chi connectivity index (χ3v) is 4.54. The fourth-order valence-electron chi connectivity index (χ4n) is 3.06. The number of methoxy groups -OCH3 is 1. The highest BCUT2D eigenvalue weighted by Gasteiger charge is 2.21. The van der Waals surface area contributed by atoms with Crippen LogP contribution in [0.5, 0.6) is 0 Å². The Kier molecular flexibility index (Phi) is 5.49. The van der Waals surface area contributed by atoms with Crippen molar-refractivity contribution in [3.8, 4) is 11.3 Å². The minimum absolute atomic E-state index is 0.192. The molecule has 0 spiro atoms. The maximum Gasteiger partial charge on any atom is 0.271 e. The van der Waals surface area contributed by atoms with Crippen molar-refractivity contribution in [2.45, 2.75) is 0 Å². The molecule has 0 aliphatic carbocycles. The van der Waals surface area contributed by atoms with Crippen molar-refractivity contribution in [3.05, 3.63) is 30.4 Å². The highest BCUT2D eigenvalue weighted by Crippen LogP contribution is 2.26. The summed E-state index contributed by atoms with van der Waals surface area (Å²) in [5.41, 5.74) is 7.98. The molecule has 1 aliphatic heterocycles. The Morgan fingerprint density at radius 1 is 1.31 bits per heavy atom. The second-order valence-corrected chi connectivity index (χ2v) is 6.49. The lowest BCUT2D eigenvalue weighted by atomic mass is 10.2. The number of aromatic nitrogens is 5. The average molecular weight is 398 g/mol. The molecule has 4 rings (SSSR count). The molecule has 3 N–H and O–H groups in total. The summed E-state index contributed by atoms with van der Waals surface area (Å²) >= 11 is 0. The van der Waals surface area contributed by atoms with E-state index in [1.165, 1.54) is 0 Å². The van der Waals surface area contributed by atoms with E-state index in [-0.39, 0.29) is 11.9 Å². The van der Waals surface area contributed by atoms with Crippen molar-refractivity contribution in [1.82, 2.24) is 29.9 Å². The van der Waals surface area contributed by atoms with E-state index in [0.717, 1.165) is 11.3 Å². The third kappa shape index (κ3) is 4.10. The van der Waals surface area contributed by atoms with E-state index in [4.69, 9.17) is 20.2 Å². The number of nitrogens with one attached hydrogen (secondary N) is 1. The van der Waals surface area contributed by atoms with Crippen LogP contribution in [0, 0.1) is 0 Å². The second kappa shape index (κ2) is 8.37. The van der Waals surface area contributed by atoms with Crippen LogP contribution < -0.4 is 16.0 Å². The lowest BCUT2D eigenvalue weighted by Gasteiger charge is -2.28. The summed E-state index contributed by atoms with van der Waals surface area (Å²) in [7, 11) is 1.58. The van der Waals surface area contributed by atoms with Crippen molar-refractivity contribution in [3.63, 3.8) is 0 Å². The Morgan fingerprint density at radius 3 is 2.79 bits per heavy atom. The summed E-state index contributed by atoms with van der Waals surface area (Å²) in [6.07, 6.45) is 4.98. The molecule has 29 heavy (non-hydrogen) atoms. The normalized spacial score (nSPS) is 14.3. The van der Waals surface area contributed by atoms with Gasteiger partial charge in [-0.25, -0.2) is 19.5 Å². The van der Waals surface area contributed by atoms with Crippen LogP contribution in [0.25, 0.3) is 16.8 Å². The standard InChI is InChI=1S/C18H22N8O3/c1-28-5-2-20-17(27)13-8-15-16(25-3-6-29-7-4-25)23-14(11-26(15)24-13)12-9-21-18(19)22-10-12/h8-11H,2-7H2,1H3,(H,20,27)(H2,19,21,22). The lowest BCUT2D eigenvalue weighted by molar-refractivity contribution is 0.0932. The van der Waals surface area contributed by atoms with Crippen LogP contribution >= 0.6 is 0 Å². The van der Waals surface area contributed by atoms with E-state index < -0.39 is 0 Å². The second-order valence-electron chi connectivity index (χ2n) is 6.49. The maximum atomic E-state index is 12.4. The molecule has 3 aromatic rings. The van der Waals surface area contributed by atoms with Crippen LogP contribution in [0.15, 0.2) is 24.7 Å². The van der Waals surface area contributed by atoms with E-state index in [1.807, 2.05) is 0 Å². The number of anilines is 2. The van der Waals surface area contributed by atoms with Crippen LogP contribution in [0.4, 0.5) is 11.8 Å². The summed E-state index contributed by atoms with van der Waals surface area (Å²) in [5.74, 6) is 0.652. The van der Waals surface area contributed by atoms with Crippen LogP contribution in [0.3, 0.4) is 0 Å². The number of nitrogens with two attached hydrogens (primary N) is 1. The fraction of sp³-hybridized carbons (Fsp3) is 0.389. The van der Waals surface area contributed by atoms with Gasteiger partial charge in [0.1, 0.15) is 5.52 Å². The first kappa shape index (κ1) is 19.0. The highest BCUT2D eigenvalue weighted by atomic mass is 16.5. The number of hydrogen-bond acceptors (Lipinski definition) is 9. The topological polar surface area (TPSA) is 133 Å². The number of carbonyl (C=O) groups is 1. The molecule has 0 unspecified atom stereocenters. The van der Waals surface area contributed by atoms with Gasteiger partial charge < -0.3 is 25.4 Å². The minimum Gasteiger partial charge on any atom is -0.383 e. The van der Waals surface area contributed by atoms with Crippen LogP contribution in [0.2, 0.25) is 0 Å². The molecule has 1 fully saturated rings. The Bertz CT molecular complexity index is 998. The van der Waals surface area contributed by atoms with Gasteiger partial charge >= 0.3 is 0 Å². The van der Waals surface area contributed by atoms with Crippen LogP contribution in [-0.4, -0.2) is 77.0 Å². The number of nitrogen functional groups attached to an aromatic ring is 1. The van der Waals surface area contributed by atoms with Gasteiger partial charge in [-0.3, -0.25) is 4.79 Å². The molecular formula is C18H22N8O3. The molecule has 4 heterocycles. The van der Waals surface area contributed by atoms with E-state index in [2.05, 4.69) is 25.3 Å². The number of rotatable bonds is 6. The van der Waals surface area contributed by atoms with E-state index in [1.54, 1.807) is 36.3 Å². The molecule has 0 bridgehead atoms. The third-order valence-electron chi connectivity index (χ3n) is 4.54. The first-order valence-corrected chi connectivity index (χ1v) is 9.24. The Labute approximate surface area is 166 Å². The van der Waals surface area contributed by atoms with Gasteiger partial charge in [0.25, 0.3) is 5.91 Å². The molecule has 0 radical (unpaired) electrons. The number of fused-ring (bicyclic) bond motifs is 1. The van der Waals surface area contributed by atoms with Crippen molar-refractivity contribution < 1.29 is 14.3 Å². The summed E-state index contributed by atoms with van der Waals surface area (Å²) in [6.45, 7) is 3.46. The molecular weight excluding hydrogens is 376 g/mol. The van der Waals surface area contributed by atoms with Gasteiger partial charge in [0.15, 0.2) is 11.5 Å². The Hall–Kier alpha value is -3.31. The number of nitrogens with zero attached hydrogens (tertiary/aromatic N) is 6. The zero-order valence-corrected chi connectivity index (χ0v) is 16.0. The molecule has 152 valence electrons. The SMILES string of the molecule is COCCNC(=O)c1cc2c(N3CCOCC3)nc(-c3cnc(N)nc3)cn2n1. The molecule has 0 atom stereocenters. The number of hydrogen-bond donors (Lipinski definition) is 2. The molecule has 11 heteroatoms. The van der Waals surface area contributed by atoms with Gasteiger partial charge in [-0.05, 0) is 0 Å². The Balaban J connectivity index is 1.75. The van der Waals surface area contributed by atoms with Gasteiger partial charge in [0.05, 0.1) is 31.7 Å². The summed E-state index contributed by atoms with van der Waals surface area (Å²) in [6, 6.07) is 1.74. The smallest absolute Gasteiger partial charge is 0.271 e. The monoisotopic (exact) mass is 398 g/mol. The number of carbonyl (C=O) groups excluding carboxylic acids is 1. The molecule has 0 aromatic carbocycles. The van der Waals surface area contributed by atoms with Crippen molar-refractivity contribution in [2.75, 3.05) is 57.2 Å². The average Bonchev–Trinajstić information content (AvgIpc) is 3.19. The van der Waals surface area contributed by atoms with Gasteiger partial charge in [-0.2, -0.15) is 5.10 Å². The minimum atomic E-state index is -0.268. The molecule has 1 saturated heterocycles. The highest BCUT2D eigenvalue weighted by molar-refractivity contribution is 5.94. The van der Waals surface area contributed by atoms with E-state index in [0.29, 0.717) is 56.4 Å². The van der Waals surface area contributed by atoms with Crippen LogP contribution in [-0.2, 0) is 9.47 Å². The first-order chi connectivity index (χ1) is 14.2. The zero-order valence-electron chi connectivity index (χ0n) is 16.0. The summed E-state index contributed by atoms with van der Waals surface area (Å²) in [4.78, 5) is 27.4. The number of ether oxygens (including phenoxy) is 2. The predicted octanol–water partition coefficient (Wildman–Crippen LogP) is -0.0187. The van der Waals surface area contributed by atoms with E-state index >= 15 is 0 Å². The fourth-order valence-corrected chi connectivity index (χ4v) is 3.06. The van der Waals surface area contributed by atoms with Crippen molar-refractivity contribution in [2.24, 2.45) is 0 Å². The van der Waals surface area contributed by atoms with Crippen molar-refractivity contribution in [1.29, 1.82) is 0 Å². The number of amides is 1. The molecule has 11 nitrogen and oxygen atoms in total. The van der Waals surface area contributed by atoms with Gasteiger partial charge in [-0.1, -0.05) is 0 Å². The summed E-state index contributed by atoms with van der Waals surface area (Å²) < 4.78 is 12.1. The zero-order chi connectivity index (χ0) is 20.2. The van der Waals surface area contributed by atoms with Gasteiger partial charge in [0, 0.05) is 50.8 Å². The van der Waals surface area contributed by atoms with Crippen LogP contribution in [0.1, 0.15) is 10.5 Å². The predicted molar refractivity (Wildman–Crippen MR) is 106 cm³/mol. The largest absolute Gasteiger partial charge is 0.383 e. The quantitative estimate of drug-likeness (QED) is 0.550. The molecule has 3 aromatic heterocycles. The molecule has 0 saturated carbocycles.